The van der Waals surface area contributed by atoms with Crippen LogP contribution in [0, 0.1) is 12.8 Å². The third-order valence-corrected chi connectivity index (χ3v) is 8.21. The van der Waals surface area contributed by atoms with Crippen molar-refractivity contribution in [2.75, 3.05) is 20.2 Å². The van der Waals surface area contributed by atoms with Crippen LogP contribution < -0.4 is 4.74 Å². The minimum atomic E-state index is -3.65. The van der Waals surface area contributed by atoms with Crippen LogP contribution in [-0.4, -0.2) is 38.7 Å². The molecule has 2 aromatic rings. The molecular formula is C24H25NO4S. The van der Waals surface area contributed by atoms with Gasteiger partial charge in [-0.05, 0) is 54.8 Å². The van der Waals surface area contributed by atoms with Crippen molar-refractivity contribution in [1.29, 1.82) is 0 Å². The second kappa shape index (κ2) is 7.52. The molecule has 0 radical (unpaired) electrons. The Morgan fingerprint density at radius 1 is 1.17 bits per heavy atom. The number of piperidine rings is 1. The number of ether oxygens (including phenoxy) is 1. The monoisotopic (exact) mass is 423 g/mol. The van der Waals surface area contributed by atoms with E-state index in [4.69, 9.17) is 4.74 Å². The van der Waals surface area contributed by atoms with Crippen LogP contribution in [0.15, 0.2) is 66.1 Å². The molecule has 2 aromatic carbocycles. The second-order valence-corrected chi connectivity index (χ2v) is 9.83. The Balaban J connectivity index is 1.74. The summed E-state index contributed by atoms with van der Waals surface area (Å²) in [5.74, 6) is 0.309. The van der Waals surface area contributed by atoms with Gasteiger partial charge in [-0.1, -0.05) is 35.9 Å². The zero-order valence-corrected chi connectivity index (χ0v) is 18.0. The van der Waals surface area contributed by atoms with Gasteiger partial charge in [-0.3, -0.25) is 4.79 Å². The molecule has 0 bridgehead atoms. The summed E-state index contributed by atoms with van der Waals surface area (Å²) in [5, 5.41) is 0. The molecule has 1 aliphatic carbocycles. The Morgan fingerprint density at radius 3 is 2.57 bits per heavy atom. The highest BCUT2D eigenvalue weighted by atomic mass is 32.2. The van der Waals surface area contributed by atoms with E-state index in [2.05, 4.69) is 6.58 Å². The van der Waals surface area contributed by atoms with Crippen LogP contribution in [0.5, 0.6) is 5.75 Å². The van der Waals surface area contributed by atoms with Crippen molar-refractivity contribution in [2.24, 2.45) is 5.92 Å². The zero-order valence-electron chi connectivity index (χ0n) is 17.2. The molecule has 1 saturated heterocycles. The highest BCUT2D eigenvalue weighted by Crippen LogP contribution is 2.47. The summed E-state index contributed by atoms with van der Waals surface area (Å²) in [5.41, 5.74) is 2.00. The topological polar surface area (TPSA) is 63.7 Å². The maximum Gasteiger partial charge on any atom is 0.243 e. The van der Waals surface area contributed by atoms with Gasteiger partial charge in [0.1, 0.15) is 5.75 Å². The first-order valence-corrected chi connectivity index (χ1v) is 11.4. The highest BCUT2D eigenvalue weighted by Gasteiger charge is 2.51. The van der Waals surface area contributed by atoms with Gasteiger partial charge >= 0.3 is 0 Å². The van der Waals surface area contributed by atoms with Crippen LogP contribution >= 0.6 is 0 Å². The first-order valence-electron chi connectivity index (χ1n) is 9.93. The summed E-state index contributed by atoms with van der Waals surface area (Å²) in [6.45, 7) is 6.34. The van der Waals surface area contributed by atoms with E-state index in [0.29, 0.717) is 12.2 Å². The molecule has 2 atom stereocenters. The van der Waals surface area contributed by atoms with Gasteiger partial charge < -0.3 is 4.74 Å². The third-order valence-electron chi connectivity index (χ3n) is 6.33. The molecule has 1 aliphatic heterocycles. The first-order chi connectivity index (χ1) is 14.3. The predicted molar refractivity (Wildman–Crippen MR) is 117 cm³/mol. The van der Waals surface area contributed by atoms with Crippen molar-refractivity contribution < 1.29 is 17.9 Å². The molecule has 156 valence electrons. The summed E-state index contributed by atoms with van der Waals surface area (Å²) in [4.78, 5) is 13.5. The van der Waals surface area contributed by atoms with Gasteiger partial charge in [-0.2, -0.15) is 4.31 Å². The van der Waals surface area contributed by atoms with Gasteiger partial charge in [0.2, 0.25) is 10.0 Å². The number of methoxy groups -OCH3 is 1. The van der Waals surface area contributed by atoms with E-state index in [0.717, 1.165) is 16.7 Å². The number of rotatable bonds is 4. The van der Waals surface area contributed by atoms with Gasteiger partial charge in [0.05, 0.1) is 17.4 Å². The lowest BCUT2D eigenvalue weighted by molar-refractivity contribution is -0.122. The highest BCUT2D eigenvalue weighted by molar-refractivity contribution is 7.89. The number of aryl methyl sites for hydroxylation is 1. The van der Waals surface area contributed by atoms with Crippen LogP contribution in [-0.2, 0) is 20.2 Å². The van der Waals surface area contributed by atoms with Crippen LogP contribution in [0.1, 0.15) is 23.1 Å². The summed E-state index contributed by atoms with van der Waals surface area (Å²) in [6, 6.07) is 12.6. The van der Waals surface area contributed by atoms with E-state index in [1.165, 1.54) is 4.31 Å². The molecule has 5 nitrogen and oxygen atoms in total. The molecule has 0 saturated carbocycles. The van der Waals surface area contributed by atoms with Gasteiger partial charge in [0, 0.05) is 19.0 Å². The number of nitrogens with zero attached hydrogens (tertiary/aromatic N) is 1. The number of benzene rings is 2. The fraction of sp³-hybridized carbons (Fsp3) is 0.292. The standard InChI is InChI=1S/C24H25NO4S/c1-4-19-16-25(30(27,28)21-10-5-17(2)6-11-21)14-13-24(19)22-15-20(29-3)9-7-18(22)8-12-23(24)26/h4-12,15,19H,1,13-14,16H2,2-3H3. The van der Waals surface area contributed by atoms with Gasteiger partial charge in [-0.25, -0.2) is 8.42 Å². The zero-order chi connectivity index (χ0) is 21.5. The fourth-order valence-corrected chi connectivity index (χ4v) is 6.05. The summed E-state index contributed by atoms with van der Waals surface area (Å²) in [6.07, 6.45) is 5.53. The first kappa shape index (κ1) is 20.6. The quantitative estimate of drug-likeness (QED) is 0.703. The van der Waals surface area contributed by atoms with Gasteiger partial charge in [-0.15, -0.1) is 6.58 Å². The molecule has 4 rings (SSSR count). The summed E-state index contributed by atoms with van der Waals surface area (Å²) >= 11 is 0. The van der Waals surface area contributed by atoms with E-state index < -0.39 is 15.4 Å². The lowest BCUT2D eigenvalue weighted by atomic mass is 9.61. The maximum atomic E-state index is 13.2. The molecule has 0 amide bonds. The maximum absolute atomic E-state index is 13.2. The van der Waals surface area contributed by atoms with Crippen LogP contribution in [0.4, 0.5) is 0 Å². The van der Waals surface area contributed by atoms with Crippen LogP contribution in [0.25, 0.3) is 6.08 Å². The molecule has 1 heterocycles. The number of fused-ring (bicyclic) bond motifs is 2. The largest absolute Gasteiger partial charge is 0.497 e. The average Bonchev–Trinajstić information content (AvgIpc) is 2.76. The number of ketones is 1. The van der Waals surface area contributed by atoms with E-state index in [1.807, 2.05) is 31.2 Å². The van der Waals surface area contributed by atoms with E-state index in [9.17, 15) is 13.2 Å². The molecule has 2 aliphatic rings. The van der Waals surface area contributed by atoms with Crippen LogP contribution in [0.2, 0.25) is 0 Å². The minimum Gasteiger partial charge on any atom is -0.497 e. The molecule has 0 N–H and O–H groups in total. The average molecular weight is 424 g/mol. The Bertz CT molecular complexity index is 1130. The number of hydrogen-bond acceptors (Lipinski definition) is 4. The molecule has 0 aromatic heterocycles. The molecule has 30 heavy (non-hydrogen) atoms. The third kappa shape index (κ3) is 3.11. The number of carbonyl (C=O) groups excluding carboxylic acids is 1. The van der Waals surface area contributed by atoms with Crippen molar-refractivity contribution >= 4 is 21.9 Å². The fourth-order valence-electron chi connectivity index (χ4n) is 4.59. The van der Waals surface area contributed by atoms with Crippen molar-refractivity contribution in [2.45, 2.75) is 23.7 Å². The lowest BCUT2D eigenvalue weighted by Gasteiger charge is -2.47. The predicted octanol–water partition coefficient (Wildman–Crippen LogP) is 3.73. The number of carbonyl (C=O) groups is 1. The lowest BCUT2D eigenvalue weighted by Crippen LogP contribution is -2.55. The minimum absolute atomic E-state index is 0.0134. The Hall–Kier alpha value is -2.70. The van der Waals surface area contributed by atoms with Crippen molar-refractivity contribution in [3.05, 3.63) is 77.9 Å². The number of allylic oxidation sites excluding steroid dienone is 1. The molecule has 1 spiro atoms. The molecule has 2 unspecified atom stereocenters. The number of hydrogen-bond donors (Lipinski definition) is 0. The van der Waals surface area contributed by atoms with E-state index >= 15 is 0 Å². The summed E-state index contributed by atoms with van der Waals surface area (Å²) in [7, 11) is -2.06. The van der Waals surface area contributed by atoms with E-state index in [-0.39, 0.29) is 29.7 Å². The Labute approximate surface area is 177 Å². The SMILES string of the molecule is C=CC1CN(S(=O)(=O)c2ccc(C)cc2)CCC12C(=O)C=Cc1ccc(OC)cc12. The van der Waals surface area contributed by atoms with Crippen molar-refractivity contribution in [3.8, 4) is 5.75 Å². The van der Waals surface area contributed by atoms with Gasteiger partial charge in [0.15, 0.2) is 5.78 Å². The molecular weight excluding hydrogens is 398 g/mol. The van der Waals surface area contributed by atoms with Crippen molar-refractivity contribution in [3.63, 3.8) is 0 Å². The van der Waals surface area contributed by atoms with Gasteiger partial charge in [0.25, 0.3) is 0 Å². The smallest absolute Gasteiger partial charge is 0.243 e. The number of sulfonamides is 1. The molecule has 6 heteroatoms. The molecule has 1 fully saturated rings. The Morgan fingerprint density at radius 2 is 1.90 bits per heavy atom. The summed E-state index contributed by atoms with van der Waals surface area (Å²) < 4.78 is 33.3. The second-order valence-electron chi connectivity index (χ2n) is 7.89. The Kier molecular flexibility index (Phi) is 5.16. The van der Waals surface area contributed by atoms with E-state index in [1.54, 1.807) is 43.5 Å². The van der Waals surface area contributed by atoms with Crippen molar-refractivity contribution in [1.82, 2.24) is 4.31 Å². The van der Waals surface area contributed by atoms with Crippen LogP contribution in [0.3, 0.4) is 0 Å². The normalized spacial score (nSPS) is 23.9.